The van der Waals surface area contributed by atoms with E-state index in [0.717, 1.165) is 15.2 Å². The highest BCUT2D eigenvalue weighted by atomic mass is 79.9. The van der Waals surface area contributed by atoms with E-state index in [1.165, 1.54) is 7.11 Å². The molecular weight excluding hydrogens is 270 g/mol. The summed E-state index contributed by atoms with van der Waals surface area (Å²) in [4.78, 5) is 11.4. The number of carbonyl (C=O) groups is 1. The van der Waals surface area contributed by atoms with Gasteiger partial charge in [-0.1, -0.05) is 22.0 Å². The SMILES string of the molecule is COC(=O)c1ccc2c(N)ccc(Br)c2c1. The van der Waals surface area contributed by atoms with E-state index in [9.17, 15) is 4.79 Å². The molecule has 0 fully saturated rings. The lowest BCUT2D eigenvalue weighted by molar-refractivity contribution is 0.0601. The first kappa shape index (κ1) is 11.0. The first-order valence-electron chi connectivity index (χ1n) is 4.69. The largest absolute Gasteiger partial charge is 0.465 e. The number of hydrogen-bond donors (Lipinski definition) is 1. The summed E-state index contributed by atoms with van der Waals surface area (Å²) in [7, 11) is 1.36. The summed E-state index contributed by atoms with van der Waals surface area (Å²) in [6.07, 6.45) is 0. The third-order valence-electron chi connectivity index (χ3n) is 2.42. The number of halogens is 1. The number of rotatable bonds is 1. The Labute approximate surface area is 101 Å². The van der Waals surface area contributed by atoms with Gasteiger partial charge >= 0.3 is 5.97 Å². The molecule has 0 saturated carbocycles. The van der Waals surface area contributed by atoms with Gasteiger partial charge in [-0.05, 0) is 29.7 Å². The van der Waals surface area contributed by atoms with E-state index in [1.54, 1.807) is 12.1 Å². The number of carbonyl (C=O) groups excluding carboxylic acids is 1. The van der Waals surface area contributed by atoms with Gasteiger partial charge in [0.2, 0.25) is 0 Å². The van der Waals surface area contributed by atoms with Crippen molar-refractivity contribution in [2.75, 3.05) is 12.8 Å². The lowest BCUT2D eigenvalue weighted by Crippen LogP contribution is -2.01. The van der Waals surface area contributed by atoms with Gasteiger partial charge in [-0.25, -0.2) is 4.79 Å². The van der Waals surface area contributed by atoms with Crippen molar-refractivity contribution >= 4 is 38.4 Å². The third kappa shape index (κ3) is 1.76. The van der Waals surface area contributed by atoms with Gasteiger partial charge in [0.25, 0.3) is 0 Å². The first-order valence-corrected chi connectivity index (χ1v) is 5.49. The summed E-state index contributed by atoms with van der Waals surface area (Å²) in [6, 6.07) is 8.98. The van der Waals surface area contributed by atoms with Crippen LogP contribution in [0, 0.1) is 0 Å². The second-order valence-corrected chi connectivity index (χ2v) is 4.24. The standard InChI is InChI=1S/C12H10BrNO2/c1-16-12(15)7-2-3-8-9(6-7)10(13)4-5-11(8)14/h2-6H,14H2,1H3. The fraction of sp³-hybridized carbons (Fsp3) is 0.0833. The van der Waals surface area contributed by atoms with Crippen molar-refractivity contribution in [2.24, 2.45) is 0 Å². The molecule has 2 N–H and O–H groups in total. The normalized spacial score (nSPS) is 10.4. The van der Waals surface area contributed by atoms with Crippen LogP contribution in [0.2, 0.25) is 0 Å². The summed E-state index contributed by atoms with van der Waals surface area (Å²) in [6.45, 7) is 0. The molecule has 0 saturated heterocycles. The van der Waals surface area contributed by atoms with Crippen molar-refractivity contribution in [3.05, 3.63) is 40.4 Å². The minimum absolute atomic E-state index is 0.351. The lowest BCUT2D eigenvalue weighted by atomic mass is 10.1. The van der Waals surface area contributed by atoms with Crippen molar-refractivity contribution < 1.29 is 9.53 Å². The van der Waals surface area contributed by atoms with Crippen LogP contribution in [0.1, 0.15) is 10.4 Å². The smallest absolute Gasteiger partial charge is 0.337 e. The van der Waals surface area contributed by atoms with Crippen molar-refractivity contribution in [1.82, 2.24) is 0 Å². The van der Waals surface area contributed by atoms with E-state index in [1.807, 2.05) is 18.2 Å². The van der Waals surface area contributed by atoms with E-state index >= 15 is 0 Å². The number of methoxy groups -OCH3 is 1. The Bertz CT molecular complexity index is 566. The van der Waals surface area contributed by atoms with Crippen LogP contribution in [0.5, 0.6) is 0 Å². The van der Waals surface area contributed by atoms with Crippen LogP contribution in [0.15, 0.2) is 34.8 Å². The number of esters is 1. The Morgan fingerprint density at radius 3 is 2.69 bits per heavy atom. The average Bonchev–Trinajstić information content (AvgIpc) is 2.32. The Balaban J connectivity index is 2.70. The number of ether oxygens (including phenoxy) is 1. The van der Waals surface area contributed by atoms with Gasteiger partial charge in [-0.15, -0.1) is 0 Å². The lowest BCUT2D eigenvalue weighted by Gasteiger charge is -2.06. The van der Waals surface area contributed by atoms with Crippen LogP contribution < -0.4 is 5.73 Å². The Kier molecular flexibility index (Phi) is 2.83. The summed E-state index contributed by atoms with van der Waals surface area (Å²) >= 11 is 3.43. The predicted molar refractivity (Wildman–Crippen MR) is 67.4 cm³/mol. The first-order chi connectivity index (χ1) is 7.63. The molecule has 82 valence electrons. The van der Waals surface area contributed by atoms with Crippen LogP contribution in [0.3, 0.4) is 0 Å². The van der Waals surface area contributed by atoms with E-state index in [0.29, 0.717) is 11.3 Å². The van der Waals surface area contributed by atoms with E-state index in [2.05, 4.69) is 20.7 Å². The number of nitrogen functional groups attached to an aromatic ring is 1. The van der Waals surface area contributed by atoms with Crippen LogP contribution in [0.25, 0.3) is 10.8 Å². The van der Waals surface area contributed by atoms with Gasteiger partial charge in [0.15, 0.2) is 0 Å². The minimum atomic E-state index is -0.351. The zero-order valence-electron chi connectivity index (χ0n) is 8.66. The van der Waals surface area contributed by atoms with E-state index < -0.39 is 0 Å². The van der Waals surface area contributed by atoms with Crippen LogP contribution in [-0.2, 0) is 4.74 Å². The zero-order chi connectivity index (χ0) is 11.7. The quantitative estimate of drug-likeness (QED) is 0.645. The molecule has 4 heteroatoms. The molecule has 0 aliphatic heterocycles. The van der Waals surface area contributed by atoms with Gasteiger partial charge in [0.1, 0.15) is 0 Å². The van der Waals surface area contributed by atoms with Crippen LogP contribution in [-0.4, -0.2) is 13.1 Å². The predicted octanol–water partition coefficient (Wildman–Crippen LogP) is 2.97. The van der Waals surface area contributed by atoms with Gasteiger partial charge in [-0.3, -0.25) is 0 Å². The highest BCUT2D eigenvalue weighted by molar-refractivity contribution is 9.10. The highest BCUT2D eigenvalue weighted by Gasteiger charge is 2.08. The maximum atomic E-state index is 11.4. The molecule has 0 amide bonds. The van der Waals surface area contributed by atoms with E-state index in [4.69, 9.17) is 5.73 Å². The van der Waals surface area contributed by atoms with Crippen molar-refractivity contribution in [2.45, 2.75) is 0 Å². The molecule has 2 aromatic carbocycles. The molecule has 0 heterocycles. The topological polar surface area (TPSA) is 52.3 Å². The number of anilines is 1. The van der Waals surface area contributed by atoms with Gasteiger partial charge < -0.3 is 10.5 Å². The maximum absolute atomic E-state index is 11.4. The molecule has 2 rings (SSSR count). The molecule has 0 radical (unpaired) electrons. The zero-order valence-corrected chi connectivity index (χ0v) is 10.2. The van der Waals surface area contributed by atoms with Crippen molar-refractivity contribution in [3.63, 3.8) is 0 Å². The summed E-state index contributed by atoms with van der Waals surface area (Å²) in [5.41, 5.74) is 7.05. The van der Waals surface area contributed by atoms with Gasteiger partial charge in [-0.2, -0.15) is 0 Å². The fourth-order valence-corrected chi connectivity index (χ4v) is 2.04. The number of hydrogen-bond acceptors (Lipinski definition) is 3. The third-order valence-corrected chi connectivity index (χ3v) is 3.11. The maximum Gasteiger partial charge on any atom is 0.337 e. The Hall–Kier alpha value is -1.55. The molecule has 0 aromatic heterocycles. The molecule has 0 spiro atoms. The monoisotopic (exact) mass is 279 g/mol. The highest BCUT2D eigenvalue weighted by Crippen LogP contribution is 2.29. The van der Waals surface area contributed by atoms with Crippen molar-refractivity contribution in [3.8, 4) is 0 Å². The van der Waals surface area contributed by atoms with Crippen LogP contribution >= 0.6 is 15.9 Å². The average molecular weight is 280 g/mol. The Morgan fingerprint density at radius 2 is 2.00 bits per heavy atom. The fourth-order valence-electron chi connectivity index (χ4n) is 1.58. The molecule has 0 bridgehead atoms. The summed E-state index contributed by atoms with van der Waals surface area (Å²) in [5, 5.41) is 1.82. The second kappa shape index (κ2) is 4.14. The summed E-state index contributed by atoms with van der Waals surface area (Å²) in [5.74, 6) is -0.351. The van der Waals surface area contributed by atoms with Crippen molar-refractivity contribution in [1.29, 1.82) is 0 Å². The van der Waals surface area contributed by atoms with Crippen LogP contribution in [0.4, 0.5) is 5.69 Å². The van der Waals surface area contributed by atoms with Gasteiger partial charge in [0.05, 0.1) is 12.7 Å². The molecule has 2 aromatic rings. The second-order valence-electron chi connectivity index (χ2n) is 3.39. The molecule has 0 unspecified atom stereocenters. The van der Waals surface area contributed by atoms with Gasteiger partial charge in [0, 0.05) is 15.5 Å². The summed E-state index contributed by atoms with van der Waals surface area (Å²) < 4.78 is 5.57. The molecule has 0 aliphatic rings. The molecule has 16 heavy (non-hydrogen) atoms. The minimum Gasteiger partial charge on any atom is -0.465 e. The Morgan fingerprint density at radius 1 is 1.25 bits per heavy atom. The number of fused-ring (bicyclic) bond motifs is 1. The number of nitrogens with two attached hydrogens (primary N) is 1. The molecule has 0 aliphatic carbocycles. The number of benzene rings is 2. The molecule has 0 atom stereocenters. The molecule has 3 nitrogen and oxygen atoms in total. The van der Waals surface area contributed by atoms with E-state index in [-0.39, 0.29) is 5.97 Å². The molecular formula is C12H10BrNO2.